The van der Waals surface area contributed by atoms with Crippen LogP contribution in [0.5, 0.6) is 0 Å². The second-order valence-electron chi connectivity index (χ2n) is 2.78. The molecule has 0 bridgehead atoms. The minimum absolute atomic E-state index is 0.815. The topological polar surface area (TPSA) is 12.9 Å². The third-order valence-electron chi connectivity index (χ3n) is 1.78. The van der Waals surface area contributed by atoms with E-state index in [-0.39, 0.29) is 0 Å². The molecular weight excluding hydrogens is 202 g/mol. The molecule has 2 aromatic heterocycles. The molecule has 0 unspecified atom stereocenters. The van der Waals surface area contributed by atoms with Gasteiger partial charge in [0.2, 0.25) is 0 Å². The van der Waals surface area contributed by atoms with Crippen molar-refractivity contribution in [3.8, 4) is 10.4 Å². The monoisotopic (exact) mass is 209 g/mol. The van der Waals surface area contributed by atoms with Crippen LogP contribution in [-0.4, -0.2) is 4.98 Å². The Labute approximate surface area is 86.0 Å². The van der Waals surface area contributed by atoms with Gasteiger partial charge in [0.25, 0.3) is 0 Å². The minimum Gasteiger partial charge on any atom is -0.262 e. The quantitative estimate of drug-likeness (QED) is 0.697. The number of pyridine rings is 1. The van der Waals surface area contributed by atoms with Gasteiger partial charge in [-0.3, -0.25) is 4.98 Å². The lowest BCUT2D eigenvalue weighted by molar-refractivity contribution is 1.20. The summed E-state index contributed by atoms with van der Waals surface area (Å²) in [5, 5.41) is 2.81. The summed E-state index contributed by atoms with van der Waals surface area (Å²) < 4.78 is 0. The van der Waals surface area contributed by atoms with E-state index in [9.17, 15) is 0 Å². The van der Waals surface area contributed by atoms with E-state index in [0.29, 0.717) is 0 Å². The molecule has 66 valence electrons. The average molecular weight is 210 g/mol. The molecule has 0 aliphatic heterocycles. The van der Waals surface area contributed by atoms with Gasteiger partial charge in [0.15, 0.2) is 0 Å². The Kier molecular flexibility index (Phi) is 2.34. The van der Waals surface area contributed by atoms with Crippen LogP contribution in [0.1, 0.15) is 5.69 Å². The Hall–Kier alpha value is -0.860. The maximum absolute atomic E-state index is 6.02. The summed E-state index contributed by atoms with van der Waals surface area (Å²) in [5.74, 6) is 0. The predicted octanol–water partition coefficient (Wildman–Crippen LogP) is 3.77. The highest BCUT2D eigenvalue weighted by Crippen LogP contribution is 2.32. The van der Waals surface area contributed by atoms with E-state index >= 15 is 0 Å². The fourth-order valence-electron chi connectivity index (χ4n) is 1.19. The minimum atomic E-state index is 0.815. The zero-order chi connectivity index (χ0) is 9.26. The molecule has 13 heavy (non-hydrogen) atoms. The molecule has 0 aliphatic carbocycles. The van der Waals surface area contributed by atoms with Crippen LogP contribution >= 0.6 is 22.9 Å². The van der Waals surface area contributed by atoms with Crippen molar-refractivity contribution in [3.63, 3.8) is 0 Å². The molecular formula is C10H8ClNS. The summed E-state index contributed by atoms with van der Waals surface area (Å²) in [5.41, 5.74) is 2.16. The normalized spacial score (nSPS) is 10.3. The number of aryl methyl sites for hydroxylation is 1. The molecule has 0 N–H and O–H groups in total. The van der Waals surface area contributed by atoms with E-state index in [1.807, 2.05) is 30.5 Å². The third kappa shape index (κ3) is 1.74. The SMILES string of the molecule is Cc1cc(-c2sccc2Cl)ccn1. The largest absolute Gasteiger partial charge is 0.262 e. The molecule has 1 nitrogen and oxygen atoms in total. The molecule has 0 saturated heterocycles. The first-order valence-corrected chi connectivity index (χ1v) is 5.19. The summed E-state index contributed by atoms with van der Waals surface area (Å²) in [4.78, 5) is 5.26. The van der Waals surface area contributed by atoms with Crippen LogP contribution in [0, 0.1) is 6.92 Å². The van der Waals surface area contributed by atoms with Gasteiger partial charge in [0, 0.05) is 11.9 Å². The maximum atomic E-state index is 6.02. The van der Waals surface area contributed by atoms with Crippen molar-refractivity contribution in [1.82, 2.24) is 4.98 Å². The second kappa shape index (κ2) is 3.48. The number of hydrogen-bond donors (Lipinski definition) is 0. The predicted molar refractivity (Wildman–Crippen MR) is 57.3 cm³/mol. The Bertz CT molecular complexity index is 422. The molecule has 3 heteroatoms. The number of aromatic nitrogens is 1. The first kappa shape index (κ1) is 8.73. The number of halogens is 1. The lowest BCUT2D eigenvalue weighted by atomic mass is 10.2. The van der Waals surface area contributed by atoms with Gasteiger partial charge in [-0.05, 0) is 36.1 Å². The Morgan fingerprint density at radius 1 is 1.38 bits per heavy atom. The number of hydrogen-bond acceptors (Lipinski definition) is 2. The molecule has 2 heterocycles. The van der Waals surface area contributed by atoms with Crippen molar-refractivity contribution in [2.45, 2.75) is 6.92 Å². The number of thiophene rings is 1. The highest BCUT2D eigenvalue weighted by atomic mass is 35.5. The summed E-state index contributed by atoms with van der Waals surface area (Å²) in [6.07, 6.45) is 1.81. The van der Waals surface area contributed by atoms with Crippen LogP contribution in [0.25, 0.3) is 10.4 Å². The van der Waals surface area contributed by atoms with Crippen molar-refractivity contribution in [1.29, 1.82) is 0 Å². The molecule has 0 saturated carbocycles. The fourth-order valence-corrected chi connectivity index (χ4v) is 2.35. The average Bonchev–Trinajstić information content (AvgIpc) is 2.51. The first-order valence-electron chi connectivity index (χ1n) is 3.93. The van der Waals surface area contributed by atoms with Gasteiger partial charge in [-0.15, -0.1) is 11.3 Å². The van der Waals surface area contributed by atoms with Crippen molar-refractivity contribution < 1.29 is 0 Å². The molecule has 2 rings (SSSR count). The standard InChI is InChI=1S/C10H8ClNS/c1-7-6-8(2-4-12-7)10-9(11)3-5-13-10/h2-6H,1H3. The maximum Gasteiger partial charge on any atom is 0.0592 e. The van der Waals surface area contributed by atoms with Crippen LogP contribution in [0.15, 0.2) is 29.8 Å². The summed E-state index contributed by atoms with van der Waals surface area (Å²) in [6, 6.07) is 5.93. The summed E-state index contributed by atoms with van der Waals surface area (Å²) in [7, 11) is 0. The molecule has 0 fully saturated rings. The van der Waals surface area contributed by atoms with Crippen LogP contribution in [0.4, 0.5) is 0 Å². The number of nitrogens with zero attached hydrogens (tertiary/aromatic N) is 1. The van der Waals surface area contributed by atoms with Crippen LogP contribution in [-0.2, 0) is 0 Å². The highest BCUT2D eigenvalue weighted by molar-refractivity contribution is 7.14. The van der Waals surface area contributed by atoms with Gasteiger partial charge in [0.1, 0.15) is 0 Å². The van der Waals surface area contributed by atoms with Gasteiger partial charge >= 0.3 is 0 Å². The van der Waals surface area contributed by atoms with E-state index < -0.39 is 0 Å². The van der Waals surface area contributed by atoms with E-state index in [4.69, 9.17) is 11.6 Å². The summed E-state index contributed by atoms with van der Waals surface area (Å²) in [6.45, 7) is 1.98. The van der Waals surface area contributed by atoms with Gasteiger partial charge in [-0.25, -0.2) is 0 Å². The van der Waals surface area contributed by atoms with Crippen molar-refractivity contribution in [2.24, 2.45) is 0 Å². The van der Waals surface area contributed by atoms with Gasteiger partial charge in [-0.2, -0.15) is 0 Å². The third-order valence-corrected chi connectivity index (χ3v) is 3.17. The van der Waals surface area contributed by atoms with Gasteiger partial charge in [0.05, 0.1) is 9.90 Å². The zero-order valence-electron chi connectivity index (χ0n) is 7.12. The Balaban J connectivity index is 2.53. The van der Waals surface area contributed by atoms with E-state index in [1.165, 1.54) is 0 Å². The van der Waals surface area contributed by atoms with E-state index in [0.717, 1.165) is 21.2 Å². The van der Waals surface area contributed by atoms with E-state index in [2.05, 4.69) is 4.98 Å². The number of rotatable bonds is 1. The second-order valence-corrected chi connectivity index (χ2v) is 4.11. The molecule has 0 aliphatic rings. The molecule has 2 aromatic rings. The Morgan fingerprint density at radius 3 is 2.85 bits per heavy atom. The van der Waals surface area contributed by atoms with Gasteiger partial charge in [-0.1, -0.05) is 11.6 Å². The fraction of sp³-hybridized carbons (Fsp3) is 0.100. The summed E-state index contributed by atoms with van der Waals surface area (Å²) >= 11 is 7.67. The molecule has 0 radical (unpaired) electrons. The van der Waals surface area contributed by atoms with Crippen LogP contribution in [0.3, 0.4) is 0 Å². The smallest absolute Gasteiger partial charge is 0.0592 e. The van der Waals surface area contributed by atoms with Crippen molar-refractivity contribution >= 4 is 22.9 Å². The van der Waals surface area contributed by atoms with Crippen LogP contribution < -0.4 is 0 Å². The van der Waals surface area contributed by atoms with Gasteiger partial charge < -0.3 is 0 Å². The Morgan fingerprint density at radius 2 is 2.23 bits per heavy atom. The first-order chi connectivity index (χ1) is 6.27. The lowest BCUT2D eigenvalue weighted by Gasteiger charge is -1.98. The van der Waals surface area contributed by atoms with Crippen LogP contribution in [0.2, 0.25) is 5.02 Å². The molecule has 0 spiro atoms. The molecule has 0 aromatic carbocycles. The highest BCUT2D eigenvalue weighted by Gasteiger charge is 2.04. The zero-order valence-corrected chi connectivity index (χ0v) is 8.69. The molecule has 0 atom stereocenters. The molecule has 0 amide bonds. The lowest BCUT2D eigenvalue weighted by Crippen LogP contribution is -1.80. The van der Waals surface area contributed by atoms with Crippen molar-refractivity contribution in [3.05, 3.63) is 40.5 Å². The van der Waals surface area contributed by atoms with E-state index in [1.54, 1.807) is 17.5 Å². The van der Waals surface area contributed by atoms with Crippen molar-refractivity contribution in [2.75, 3.05) is 0 Å².